The number of ether oxygens (including phenoxy) is 3. The molecule has 2 atom stereocenters. The van der Waals surface area contributed by atoms with Crippen LogP contribution in [-0.2, 0) is 28.6 Å². The molecule has 0 aliphatic rings. The fourth-order valence-electron chi connectivity index (χ4n) is 7.93. The number of allylic oxidation sites excluding steroid dienone is 6. The van der Waals surface area contributed by atoms with Crippen LogP contribution in [0.4, 0.5) is 0 Å². The number of likely N-dealkylation sites (N-methyl/N-ethyl adjacent to an activating group) is 1. The van der Waals surface area contributed by atoms with Crippen molar-refractivity contribution in [1.29, 1.82) is 0 Å². The molecule has 0 aromatic heterocycles. The molecule has 63 heavy (non-hydrogen) atoms. The quantitative estimate of drug-likeness (QED) is 0.0281. The Balaban J connectivity index is 4.25. The van der Waals surface area contributed by atoms with Crippen LogP contribution in [0.15, 0.2) is 36.5 Å². The molecule has 0 aromatic carbocycles. The van der Waals surface area contributed by atoms with Crippen LogP contribution in [-0.4, -0.2) is 80.6 Å². The number of quaternary nitrogens is 1. The fraction of sp³-hybridized carbons (Fsp3) is 0.836. The van der Waals surface area contributed by atoms with Crippen LogP contribution >= 0.6 is 0 Å². The molecule has 0 fully saturated rings. The lowest BCUT2D eigenvalue weighted by Gasteiger charge is -2.31. The van der Waals surface area contributed by atoms with E-state index in [9.17, 15) is 19.5 Å². The second kappa shape index (κ2) is 46.1. The summed E-state index contributed by atoms with van der Waals surface area (Å²) in [7, 11) is 5.53. The Hall–Kier alpha value is -2.45. The number of carbonyl (C=O) groups is 3. The molecule has 0 heterocycles. The molecule has 1 N–H and O–H groups in total. The molecule has 0 saturated carbocycles. The van der Waals surface area contributed by atoms with Gasteiger partial charge in [0.2, 0.25) is 0 Å². The minimum Gasteiger partial charge on any atom is -0.477 e. The molecule has 0 radical (unpaired) electrons. The van der Waals surface area contributed by atoms with Crippen molar-refractivity contribution in [2.24, 2.45) is 0 Å². The Morgan fingerprint density at radius 2 is 0.857 bits per heavy atom. The summed E-state index contributed by atoms with van der Waals surface area (Å²) in [5.41, 5.74) is 0. The maximum Gasteiger partial charge on any atom is 0.362 e. The van der Waals surface area contributed by atoms with Gasteiger partial charge in [0.25, 0.3) is 0 Å². The van der Waals surface area contributed by atoms with Gasteiger partial charge in [-0.3, -0.25) is 9.59 Å². The van der Waals surface area contributed by atoms with E-state index >= 15 is 0 Å². The normalized spacial score (nSPS) is 13.1. The molecule has 8 heteroatoms. The maximum absolute atomic E-state index is 12.8. The van der Waals surface area contributed by atoms with E-state index in [1.807, 2.05) is 21.1 Å². The van der Waals surface area contributed by atoms with Crippen molar-refractivity contribution in [2.75, 3.05) is 41.0 Å². The number of carboxylic acid groups (broad SMARTS) is 1. The van der Waals surface area contributed by atoms with Gasteiger partial charge in [0.1, 0.15) is 6.61 Å². The Bertz CT molecular complexity index is 1130. The lowest BCUT2D eigenvalue weighted by Crippen LogP contribution is -2.50. The second-order valence-electron chi connectivity index (χ2n) is 19.1. The number of hydrogen-bond acceptors (Lipinski definition) is 6. The van der Waals surface area contributed by atoms with Crippen molar-refractivity contribution < 1.29 is 38.2 Å². The van der Waals surface area contributed by atoms with Gasteiger partial charge in [-0.15, -0.1) is 0 Å². The van der Waals surface area contributed by atoms with Crippen molar-refractivity contribution >= 4 is 17.9 Å². The molecular formula is C55H102NO7+. The van der Waals surface area contributed by atoms with E-state index in [4.69, 9.17) is 14.2 Å². The SMILES string of the molecule is CCCCCCCC/C=C/C/C=C/C/C=C/CCCC(=O)OCC(COCCC(C(=O)O)[N+](C)(C)C)OC(=O)CCCCCCCCCCCCCCCCCCCCCCCC. The molecule has 0 aliphatic carbocycles. The zero-order chi connectivity index (χ0) is 46.3. The number of unbranched alkanes of at least 4 members (excludes halogenated alkanes) is 28. The third-order valence-electron chi connectivity index (χ3n) is 12.0. The summed E-state index contributed by atoms with van der Waals surface area (Å²) >= 11 is 0. The highest BCUT2D eigenvalue weighted by Gasteiger charge is 2.31. The van der Waals surface area contributed by atoms with E-state index < -0.39 is 18.1 Å². The number of nitrogens with zero attached hydrogens (tertiary/aromatic N) is 1. The highest BCUT2D eigenvalue weighted by molar-refractivity contribution is 5.72. The molecule has 0 saturated heterocycles. The molecule has 0 rings (SSSR count). The molecule has 0 aromatic rings. The van der Waals surface area contributed by atoms with Gasteiger partial charge in [0, 0.05) is 19.3 Å². The monoisotopic (exact) mass is 889 g/mol. The number of aliphatic carboxylic acids is 1. The molecule has 0 amide bonds. The Kier molecular flexibility index (Phi) is 44.3. The smallest absolute Gasteiger partial charge is 0.362 e. The topological polar surface area (TPSA) is 99.1 Å². The van der Waals surface area contributed by atoms with Crippen LogP contribution in [0.1, 0.15) is 245 Å². The molecule has 0 bridgehead atoms. The molecule has 368 valence electrons. The van der Waals surface area contributed by atoms with Crippen molar-refractivity contribution in [3.63, 3.8) is 0 Å². The van der Waals surface area contributed by atoms with Crippen LogP contribution < -0.4 is 0 Å². The van der Waals surface area contributed by atoms with Crippen LogP contribution in [0, 0.1) is 0 Å². The van der Waals surface area contributed by atoms with E-state index in [1.165, 1.54) is 167 Å². The summed E-state index contributed by atoms with van der Waals surface area (Å²) in [5.74, 6) is -1.52. The average Bonchev–Trinajstić information content (AvgIpc) is 3.24. The number of esters is 2. The van der Waals surface area contributed by atoms with Gasteiger partial charge in [-0.25, -0.2) is 4.79 Å². The van der Waals surface area contributed by atoms with Crippen molar-refractivity contribution in [1.82, 2.24) is 0 Å². The van der Waals surface area contributed by atoms with Gasteiger partial charge in [-0.2, -0.15) is 0 Å². The molecule has 2 unspecified atom stereocenters. The van der Waals surface area contributed by atoms with E-state index in [0.29, 0.717) is 19.3 Å². The zero-order valence-electron chi connectivity index (χ0n) is 42.0. The Morgan fingerprint density at radius 3 is 1.29 bits per heavy atom. The summed E-state index contributed by atoms with van der Waals surface area (Å²) in [5, 5.41) is 9.65. The van der Waals surface area contributed by atoms with Crippen LogP contribution in [0.25, 0.3) is 0 Å². The highest BCUT2D eigenvalue weighted by atomic mass is 16.6. The zero-order valence-corrected chi connectivity index (χ0v) is 42.0. The Morgan fingerprint density at radius 1 is 0.476 bits per heavy atom. The van der Waals surface area contributed by atoms with Gasteiger partial charge < -0.3 is 23.8 Å². The molecule has 0 aliphatic heterocycles. The van der Waals surface area contributed by atoms with E-state index in [0.717, 1.165) is 38.5 Å². The summed E-state index contributed by atoms with van der Waals surface area (Å²) in [6.45, 7) is 4.72. The van der Waals surface area contributed by atoms with Crippen molar-refractivity contribution in [3.05, 3.63) is 36.5 Å². The number of hydrogen-bond donors (Lipinski definition) is 1. The number of rotatable bonds is 48. The Labute approximate surface area is 389 Å². The standard InChI is InChI=1S/C55H101NO7/c1-6-8-10-12-14-16-18-20-22-24-25-26-27-28-30-32-34-36-38-40-42-44-46-54(58)63-51(49-61-48-47-52(55(59)60)56(3,4)5)50-62-53(57)45-43-41-39-37-35-33-31-29-23-21-19-17-15-13-11-9-7-2/h21,23,31,33,37,39,51-52H,6-20,22,24-30,32,34-36,38,40-50H2,1-5H3/p+1/b23-21+,33-31+,39-37+. The second-order valence-corrected chi connectivity index (χ2v) is 19.1. The van der Waals surface area contributed by atoms with Gasteiger partial charge in [0.15, 0.2) is 12.1 Å². The summed E-state index contributed by atoms with van der Waals surface area (Å²) < 4.78 is 17.3. The van der Waals surface area contributed by atoms with Crippen LogP contribution in [0.5, 0.6) is 0 Å². The van der Waals surface area contributed by atoms with Gasteiger partial charge in [-0.05, 0) is 44.9 Å². The van der Waals surface area contributed by atoms with E-state index in [2.05, 4.69) is 50.3 Å². The summed E-state index contributed by atoms with van der Waals surface area (Å²) in [6, 6.07) is -0.621. The fourth-order valence-corrected chi connectivity index (χ4v) is 7.93. The first-order chi connectivity index (χ1) is 30.6. The third-order valence-corrected chi connectivity index (χ3v) is 12.0. The third kappa shape index (κ3) is 44.5. The summed E-state index contributed by atoms with van der Waals surface area (Å²) in [6.07, 6.45) is 55.0. The molecule has 8 nitrogen and oxygen atoms in total. The summed E-state index contributed by atoms with van der Waals surface area (Å²) in [4.78, 5) is 37.1. The van der Waals surface area contributed by atoms with Crippen molar-refractivity contribution in [2.45, 2.75) is 257 Å². The molecular weight excluding hydrogens is 787 g/mol. The number of carboxylic acids is 1. The molecule has 0 spiro atoms. The van der Waals surface area contributed by atoms with Crippen LogP contribution in [0.2, 0.25) is 0 Å². The first kappa shape index (κ1) is 60.5. The predicted octanol–water partition coefficient (Wildman–Crippen LogP) is 15.4. The van der Waals surface area contributed by atoms with Crippen molar-refractivity contribution in [3.8, 4) is 0 Å². The lowest BCUT2D eigenvalue weighted by atomic mass is 10.0. The largest absolute Gasteiger partial charge is 0.477 e. The average molecular weight is 889 g/mol. The van der Waals surface area contributed by atoms with Gasteiger partial charge in [-0.1, -0.05) is 217 Å². The van der Waals surface area contributed by atoms with Gasteiger partial charge in [0.05, 0.1) is 34.4 Å². The van der Waals surface area contributed by atoms with Crippen LogP contribution in [0.3, 0.4) is 0 Å². The first-order valence-corrected chi connectivity index (χ1v) is 26.5. The highest BCUT2D eigenvalue weighted by Crippen LogP contribution is 2.16. The minimum atomic E-state index is -0.878. The predicted molar refractivity (Wildman–Crippen MR) is 266 cm³/mol. The lowest BCUT2D eigenvalue weighted by molar-refractivity contribution is -0.887. The van der Waals surface area contributed by atoms with E-state index in [1.54, 1.807) is 0 Å². The minimum absolute atomic E-state index is 0.0486. The maximum atomic E-state index is 12.8. The van der Waals surface area contributed by atoms with Gasteiger partial charge >= 0.3 is 17.9 Å². The number of carbonyl (C=O) groups excluding carboxylic acids is 2. The first-order valence-electron chi connectivity index (χ1n) is 26.5. The van der Waals surface area contributed by atoms with E-state index in [-0.39, 0.29) is 42.7 Å².